The number of fused-ring (bicyclic) bond motifs is 2. The number of hydrogen-bond donors (Lipinski definition) is 2. The first kappa shape index (κ1) is 53.9. The lowest BCUT2D eigenvalue weighted by Crippen LogP contribution is -2.33. The molecule has 4 aliphatic rings. The van der Waals surface area contributed by atoms with Crippen molar-refractivity contribution < 1.29 is 4.74 Å². The number of rotatable bonds is 17. The van der Waals surface area contributed by atoms with Crippen LogP contribution < -0.4 is 26.5 Å². The van der Waals surface area contributed by atoms with Crippen LogP contribution in [-0.4, -0.2) is 125 Å². The van der Waals surface area contributed by atoms with Crippen molar-refractivity contribution >= 4 is 57.9 Å². The van der Waals surface area contributed by atoms with Crippen LogP contribution in [0.25, 0.3) is 45.1 Å². The molecule has 2 aliphatic carbocycles. The summed E-state index contributed by atoms with van der Waals surface area (Å²) in [5.41, 5.74) is 6.27. The van der Waals surface area contributed by atoms with Crippen LogP contribution in [0.15, 0.2) is 34.6 Å². The molecule has 392 valence electrons. The number of nitrogens with zero attached hydrogens (tertiary/aromatic N) is 14. The number of nitrogens with one attached hydrogen (secondary N) is 2. The molecule has 0 amide bonds. The molecule has 8 heterocycles. The molecular formula is C52H74N16O3S2. The van der Waals surface area contributed by atoms with Gasteiger partial charge in [-0.25, -0.2) is 49.8 Å². The molecule has 2 aliphatic heterocycles. The number of anilines is 2. The first-order valence-electron chi connectivity index (χ1n) is 26.5. The van der Waals surface area contributed by atoms with Crippen molar-refractivity contribution in [3.05, 3.63) is 62.8 Å². The molecule has 19 nitrogen and oxygen atoms in total. The Morgan fingerprint density at radius 3 is 1.44 bits per heavy atom. The third-order valence-electron chi connectivity index (χ3n) is 13.7. The molecule has 73 heavy (non-hydrogen) atoms. The third kappa shape index (κ3) is 12.6. The van der Waals surface area contributed by atoms with E-state index in [1.165, 1.54) is 6.33 Å². The van der Waals surface area contributed by atoms with E-state index in [-0.39, 0.29) is 23.2 Å². The minimum Gasteiger partial charge on any atom is -0.480 e. The first-order chi connectivity index (χ1) is 35.5. The summed E-state index contributed by atoms with van der Waals surface area (Å²) in [4.78, 5) is 73.0. The fourth-order valence-corrected chi connectivity index (χ4v) is 11.3. The molecule has 6 aromatic heterocycles. The van der Waals surface area contributed by atoms with Gasteiger partial charge in [0.2, 0.25) is 5.88 Å². The summed E-state index contributed by atoms with van der Waals surface area (Å²) in [6.45, 7) is 24.1. The number of aromatic nitrogens is 12. The second-order valence-corrected chi connectivity index (χ2v) is 22.2. The summed E-state index contributed by atoms with van der Waals surface area (Å²) >= 11 is 3.81. The summed E-state index contributed by atoms with van der Waals surface area (Å²) < 4.78 is 13.8. The van der Waals surface area contributed by atoms with E-state index in [1.807, 2.05) is 72.4 Å². The van der Waals surface area contributed by atoms with Crippen molar-refractivity contribution in [2.75, 3.05) is 68.5 Å². The maximum Gasteiger partial charge on any atom is 0.295 e. The molecular weight excluding hydrogens is 961 g/mol. The third-order valence-corrected chi connectivity index (χ3v) is 15.6. The van der Waals surface area contributed by atoms with Gasteiger partial charge in [0.1, 0.15) is 29.3 Å². The molecule has 2 saturated carbocycles. The maximum absolute atomic E-state index is 13.5. The zero-order chi connectivity index (χ0) is 51.8. The summed E-state index contributed by atoms with van der Waals surface area (Å²) in [6, 6.07) is -0.168. The summed E-state index contributed by atoms with van der Waals surface area (Å²) in [6.07, 6.45) is 15.4. The predicted molar refractivity (Wildman–Crippen MR) is 294 cm³/mol. The van der Waals surface area contributed by atoms with Crippen molar-refractivity contribution in [2.24, 2.45) is 11.8 Å². The summed E-state index contributed by atoms with van der Waals surface area (Å²) in [5, 5.41) is 6.71. The van der Waals surface area contributed by atoms with E-state index in [0.29, 0.717) is 80.7 Å². The molecule has 10 rings (SSSR count). The lowest BCUT2D eigenvalue weighted by atomic mass is 9.98. The average Bonchev–Trinajstić information content (AvgIpc) is 4.35. The van der Waals surface area contributed by atoms with Gasteiger partial charge in [-0.15, -0.1) is 0 Å². The van der Waals surface area contributed by atoms with E-state index >= 15 is 0 Å². The minimum atomic E-state index is -0.167. The van der Waals surface area contributed by atoms with Gasteiger partial charge >= 0.3 is 0 Å². The van der Waals surface area contributed by atoms with Crippen LogP contribution in [-0.2, 0) is 0 Å². The van der Waals surface area contributed by atoms with Crippen molar-refractivity contribution in [2.45, 2.75) is 138 Å². The topological polar surface area (TPSA) is 213 Å². The number of ether oxygens (including phenoxy) is 1. The molecule has 0 atom stereocenters. The number of hydrogen-bond acceptors (Lipinski definition) is 19. The lowest BCUT2D eigenvalue weighted by molar-refractivity contribution is 0.301. The van der Waals surface area contributed by atoms with Gasteiger partial charge in [0.25, 0.3) is 11.1 Å². The van der Waals surface area contributed by atoms with E-state index < -0.39 is 0 Å². The Kier molecular flexibility index (Phi) is 18.3. The Hall–Kier alpha value is -5.38. The largest absolute Gasteiger partial charge is 0.480 e. The van der Waals surface area contributed by atoms with Gasteiger partial charge in [-0.1, -0.05) is 51.6 Å². The van der Waals surface area contributed by atoms with Crippen LogP contribution in [0.2, 0.25) is 0 Å². The van der Waals surface area contributed by atoms with E-state index in [4.69, 9.17) is 14.7 Å². The number of aryl methyl sites for hydroxylation is 1. The Morgan fingerprint density at radius 1 is 0.603 bits per heavy atom. The van der Waals surface area contributed by atoms with Gasteiger partial charge in [-0.05, 0) is 97.8 Å². The van der Waals surface area contributed by atoms with Crippen LogP contribution in [0, 0.1) is 18.8 Å². The van der Waals surface area contributed by atoms with Crippen LogP contribution in [0.4, 0.5) is 11.6 Å². The maximum atomic E-state index is 13.5. The van der Waals surface area contributed by atoms with Crippen LogP contribution in [0.1, 0.15) is 148 Å². The molecule has 4 fully saturated rings. The predicted octanol–water partition coefficient (Wildman–Crippen LogP) is 9.13. The van der Waals surface area contributed by atoms with Crippen LogP contribution in [0.3, 0.4) is 0 Å². The Morgan fingerprint density at radius 2 is 1.03 bits per heavy atom. The standard InChI is InChI=1S/C25H34N8O2S.C25H34N8OS.C2H6/c1-5-36-32-10-8-16(9-11-32)12-26-22-25(34)33(15(2)3)23-18(30-22)13-27-21(31-23)19-20(17-6-7-17)28-14-29-24(19)35-4;1-5-35-32-10-8-17(9-11-32)12-26-23-25(34)33(15(2)3)24-19(30-23)13-27-22(31-24)20-16(4)28-14-29-21(20)18-6-7-18;1-2/h13-17H,5-12H2,1-4H3,(H,26,30);13-15,17-18H,5-12H2,1-4H3,(H,26,30);1-2H3. The highest BCUT2D eigenvalue weighted by Gasteiger charge is 2.33. The Balaban J connectivity index is 0.000000189. The molecule has 0 unspecified atom stereocenters. The van der Waals surface area contributed by atoms with Gasteiger partial charge in [0.15, 0.2) is 34.6 Å². The molecule has 21 heteroatoms. The van der Waals surface area contributed by atoms with E-state index in [2.05, 4.69) is 73.0 Å². The molecule has 0 radical (unpaired) electrons. The van der Waals surface area contributed by atoms with Gasteiger partial charge in [-0.2, -0.15) is 0 Å². The second-order valence-electron chi connectivity index (χ2n) is 19.5. The van der Waals surface area contributed by atoms with Gasteiger partial charge < -0.3 is 15.4 Å². The van der Waals surface area contributed by atoms with Gasteiger partial charge in [0.05, 0.1) is 42.1 Å². The molecule has 0 spiro atoms. The zero-order valence-electron chi connectivity index (χ0n) is 44.4. The SMILES string of the molecule is CC.CCSN1CCC(CNc2nc3cnc(-c4c(C)ncnc4C4CC4)nc3n(C(C)C)c2=O)CC1.CCSN1CCC(CNc2nc3cnc(-c4c(OC)ncnc4C4CC4)nc3n(C(C)C)c2=O)CC1. The average molecular weight is 1040 g/mol. The van der Waals surface area contributed by atoms with E-state index in [1.54, 1.807) is 35.0 Å². The fraction of sp³-hybridized carbons (Fsp3) is 0.615. The molecule has 0 aromatic carbocycles. The number of piperidine rings is 2. The molecule has 2 N–H and O–H groups in total. The van der Waals surface area contributed by atoms with Crippen LogP contribution >= 0.6 is 23.9 Å². The Bertz CT molecular complexity index is 2950. The quantitative estimate of drug-likeness (QED) is 0.0815. The first-order valence-corrected chi connectivity index (χ1v) is 28.4. The van der Waals surface area contributed by atoms with E-state index in [0.717, 1.165) is 125 Å². The highest BCUT2D eigenvalue weighted by molar-refractivity contribution is 7.97. The summed E-state index contributed by atoms with van der Waals surface area (Å²) in [7, 11) is 1.58. The minimum absolute atomic E-state index is 0.0679. The van der Waals surface area contributed by atoms with Crippen molar-refractivity contribution in [1.29, 1.82) is 0 Å². The summed E-state index contributed by atoms with van der Waals surface area (Å²) in [5.74, 6) is 6.27. The van der Waals surface area contributed by atoms with Gasteiger partial charge in [0, 0.05) is 74.7 Å². The molecule has 0 bridgehead atoms. The smallest absolute Gasteiger partial charge is 0.295 e. The van der Waals surface area contributed by atoms with Crippen molar-refractivity contribution in [1.82, 2.24) is 67.6 Å². The van der Waals surface area contributed by atoms with E-state index in [9.17, 15) is 9.59 Å². The monoisotopic (exact) mass is 1030 g/mol. The molecule has 2 saturated heterocycles. The van der Waals surface area contributed by atoms with Gasteiger partial charge in [-0.3, -0.25) is 27.3 Å². The normalized spacial score (nSPS) is 16.9. The Labute approximate surface area is 437 Å². The highest BCUT2D eigenvalue weighted by atomic mass is 32.2. The molecule has 6 aromatic rings. The lowest BCUT2D eigenvalue weighted by Gasteiger charge is -2.30. The fourth-order valence-electron chi connectivity index (χ4n) is 9.61. The zero-order valence-corrected chi connectivity index (χ0v) is 46.0. The second kappa shape index (κ2) is 24.8. The van der Waals surface area contributed by atoms with Crippen molar-refractivity contribution in [3.63, 3.8) is 0 Å². The number of methoxy groups -OCH3 is 1. The highest BCUT2D eigenvalue weighted by Crippen LogP contribution is 2.45. The van der Waals surface area contributed by atoms with Crippen LogP contribution in [0.5, 0.6) is 5.88 Å². The van der Waals surface area contributed by atoms with Crippen molar-refractivity contribution in [3.8, 4) is 28.7 Å².